The topological polar surface area (TPSA) is 83.5 Å². The zero-order valence-electron chi connectivity index (χ0n) is 11.4. The fraction of sp³-hybridized carbons (Fsp3) is 0. The SMILES string of the molecule is C#Cc1cccc(NS(=O)(=O)c2cc(Cl)c(F)c(C(=O)O)c2)c1. The third kappa shape index (κ3) is 3.62. The highest BCUT2D eigenvalue weighted by Gasteiger charge is 2.22. The molecule has 0 atom stereocenters. The van der Waals surface area contributed by atoms with Crippen LogP contribution in [-0.2, 0) is 10.0 Å². The zero-order valence-corrected chi connectivity index (χ0v) is 13.0. The molecule has 0 saturated heterocycles. The molecule has 0 unspecified atom stereocenters. The standard InChI is InChI=1S/C15H9ClFNO4S/c1-2-9-4-3-5-10(6-9)18-23(21,22)11-7-12(15(19)20)14(17)13(16)8-11/h1,3-8,18H,(H,19,20). The molecular weight excluding hydrogens is 345 g/mol. The second-order valence-electron chi connectivity index (χ2n) is 4.40. The number of benzene rings is 2. The van der Waals surface area contributed by atoms with E-state index >= 15 is 0 Å². The van der Waals surface area contributed by atoms with Crippen molar-refractivity contribution in [2.45, 2.75) is 4.90 Å². The molecule has 0 aliphatic carbocycles. The van der Waals surface area contributed by atoms with Gasteiger partial charge in [0.2, 0.25) is 0 Å². The summed E-state index contributed by atoms with van der Waals surface area (Å²) in [6.45, 7) is 0. The summed E-state index contributed by atoms with van der Waals surface area (Å²) in [4.78, 5) is 10.5. The highest BCUT2D eigenvalue weighted by Crippen LogP contribution is 2.25. The van der Waals surface area contributed by atoms with Crippen LogP contribution in [0.4, 0.5) is 10.1 Å². The Morgan fingerprint density at radius 3 is 2.61 bits per heavy atom. The van der Waals surface area contributed by atoms with Crippen LogP contribution in [0.15, 0.2) is 41.3 Å². The Morgan fingerprint density at radius 1 is 1.30 bits per heavy atom. The van der Waals surface area contributed by atoms with Crippen molar-refractivity contribution in [1.82, 2.24) is 0 Å². The van der Waals surface area contributed by atoms with Gasteiger partial charge in [0.05, 0.1) is 21.2 Å². The minimum Gasteiger partial charge on any atom is -0.478 e. The molecule has 118 valence electrons. The van der Waals surface area contributed by atoms with Gasteiger partial charge >= 0.3 is 5.97 Å². The van der Waals surface area contributed by atoms with Crippen LogP contribution in [0.2, 0.25) is 5.02 Å². The lowest BCUT2D eigenvalue weighted by atomic mass is 10.2. The van der Waals surface area contributed by atoms with E-state index in [9.17, 15) is 17.6 Å². The quantitative estimate of drug-likeness (QED) is 0.828. The summed E-state index contributed by atoms with van der Waals surface area (Å²) in [6.07, 6.45) is 5.23. The van der Waals surface area contributed by atoms with Crippen LogP contribution >= 0.6 is 11.6 Å². The summed E-state index contributed by atoms with van der Waals surface area (Å²) in [6, 6.07) is 7.55. The average molecular weight is 354 g/mol. The second-order valence-corrected chi connectivity index (χ2v) is 6.49. The van der Waals surface area contributed by atoms with Crippen molar-refractivity contribution in [3.63, 3.8) is 0 Å². The van der Waals surface area contributed by atoms with E-state index in [4.69, 9.17) is 23.1 Å². The molecule has 0 radical (unpaired) electrons. The maximum atomic E-state index is 13.6. The molecule has 0 saturated carbocycles. The van der Waals surface area contributed by atoms with Crippen LogP contribution in [0.3, 0.4) is 0 Å². The van der Waals surface area contributed by atoms with E-state index in [0.717, 1.165) is 6.07 Å². The van der Waals surface area contributed by atoms with E-state index in [1.54, 1.807) is 12.1 Å². The number of hydrogen-bond donors (Lipinski definition) is 2. The van der Waals surface area contributed by atoms with Gasteiger partial charge in [-0.2, -0.15) is 0 Å². The van der Waals surface area contributed by atoms with Crippen molar-refractivity contribution in [2.24, 2.45) is 0 Å². The minimum atomic E-state index is -4.17. The Balaban J connectivity index is 2.48. The molecule has 0 bridgehead atoms. The number of nitrogens with one attached hydrogen (secondary N) is 1. The van der Waals surface area contributed by atoms with Crippen LogP contribution in [-0.4, -0.2) is 19.5 Å². The van der Waals surface area contributed by atoms with E-state index in [2.05, 4.69) is 10.6 Å². The summed E-state index contributed by atoms with van der Waals surface area (Å²) < 4.78 is 40.4. The summed E-state index contributed by atoms with van der Waals surface area (Å²) >= 11 is 5.56. The molecule has 0 heterocycles. The first-order chi connectivity index (χ1) is 10.7. The smallest absolute Gasteiger partial charge is 0.338 e. The predicted molar refractivity (Wildman–Crippen MR) is 83.6 cm³/mol. The molecule has 0 aliphatic heterocycles. The number of sulfonamides is 1. The lowest BCUT2D eigenvalue weighted by molar-refractivity contribution is 0.0691. The molecule has 0 aromatic heterocycles. The molecule has 8 heteroatoms. The molecule has 23 heavy (non-hydrogen) atoms. The fourth-order valence-corrected chi connectivity index (χ4v) is 3.15. The normalized spacial score (nSPS) is 10.8. The van der Waals surface area contributed by atoms with Crippen molar-refractivity contribution in [1.29, 1.82) is 0 Å². The van der Waals surface area contributed by atoms with Crippen molar-refractivity contribution in [3.05, 3.63) is 58.4 Å². The number of carboxylic acid groups (broad SMARTS) is 1. The van der Waals surface area contributed by atoms with Crippen molar-refractivity contribution in [2.75, 3.05) is 4.72 Å². The molecule has 0 spiro atoms. The molecule has 5 nitrogen and oxygen atoms in total. The molecule has 0 aliphatic rings. The van der Waals surface area contributed by atoms with Gasteiger partial charge < -0.3 is 5.11 Å². The number of anilines is 1. The van der Waals surface area contributed by atoms with Gasteiger partial charge in [-0.25, -0.2) is 17.6 Å². The van der Waals surface area contributed by atoms with Crippen LogP contribution in [0.25, 0.3) is 0 Å². The van der Waals surface area contributed by atoms with E-state index in [-0.39, 0.29) is 5.69 Å². The Morgan fingerprint density at radius 2 is 2.00 bits per heavy atom. The first kappa shape index (κ1) is 16.8. The van der Waals surface area contributed by atoms with Gasteiger partial charge in [0.1, 0.15) is 0 Å². The number of carbonyl (C=O) groups is 1. The summed E-state index contributed by atoms with van der Waals surface area (Å²) in [5.74, 6) is -0.480. The lowest BCUT2D eigenvalue weighted by Crippen LogP contribution is -2.14. The fourth-order valence-electron chi connectivity index (χ4n) is 1.76. The van der Waals surface area contributed by atoms with Gasteiger partial charge in [0.25, 0.3) is 10.0 Å². The number of rotatable bonds is 4. The van der Waals surface area contributed by atoms with E-state index in [0.29, 0.717) is 11.6 Å². The summed E-state index contributed by atoms with van der Waals surface area (Å²) in [5.41, 5.74) is -0.207. The van der Waals surface area contributed by atoms with Gasteiger partial charge in [0.15, 0.2) is 5.82 Å². The van der Waals surface area contributed by atoms with Gasteiger partial charge in [-0.3, -0.25) is 4.72 Å². The zero-order chi connectivity index (χ0) is 17.2. The Bertz CT molecular complexity index is 935. The number of carboxylic acids is 1. The first-order valence-electron chi connectivity index (χ1n) is 6.06. The van der Waals surface area contributed by atoms with Crippen LogP contribution in [0.5, 0.6) is 0 Å². The third-order valence-corrected chi connectivity index (χ3v) is 4.46. The van der Waals surface area contributed by atoms with Crippen LogP contribution in [0, 0.1) is 18.2 Å². The van der Waals surface area contributed by atoms with Gasteiger partial charge in [-0.1, -0.05) is 23.6 Å². The van der Waals surface area contributed by atoms with Crippen molar-refractivity contribution >= 4 is 33.3 Å². The van der Waals surface area contributed by atoms with E-state index in [1.807, 2.05) is 0 Å². The summed E-state index contributed by atoms with van der Waals surface area (Å²) in [7, 11) is -4.17. The Hall–Kier alpha value is -2.56. The highest BCUT2D eigenvalue weighted by atomic mass is 35.5. The molecule has 0 fully saturated rings. The van der Waals surface area contributed by atoms with Crippen LogP contribution < -0.4 is 4.72 Å². The monoisotopic (exact) mass is 353 g/mol. The maximum absolute atomic E-state index is 13.6. The van der Waals surface area contributed by atoms with Crippen LogP contribution in [0.1, 0.15) is 15.9 Å². The molecule has 2 N–H and O–H groups in total. The summed E-state index contributed by atoms with van der Waals surface area (Å²) in [5, 5.41) is 8.29. The van der Waals surface area contributed by atoms with Gasteiger partial charge in [-0.05, 0) is 30.3 Å². The maximum Gasteiger partial charge on any atom is 0.338 e. The molecule has 2 rings (SSSR count). The van der Waals surface area contributed by atoms with Crippen molar-refractivity contribution in [3.8, 4) is 12.3 Å². The Labute approximate surface area is 136 Å². The number of terminal acetylenes is 1. The molecule has 0 amide bonds. The van der Waals surface area contributed by atoms with Crippen molar-refractivity contribution < 1.29 is 22.7 Å². The predicted octanol–water partition coefficient (Wildman–Crippen LogP) is 2.96. The second kappa shape index (κ2) is 6.28. The van der Waals surface area contributed by atoms with Gasteiger partial charge in [0, 0.05) is 5.56 Å². The first-order valence-corrected chi connectivity index (χ1v) is 7.92. The molecular formula is C15H9ClFNO4S. The number of aromatic carboxylic acids is 1. The molecule has 2 aromatic carbocycles. The number of halogens is 2. The Kier molecular flexibility index (Phi) is 4.59. The minimum absolute atomic E-state index is 0.178. The lowest BCUT2D eigenvalue weighted by Gasteiger charge is -2.10. The van der Waals surface area contributed by atoms with Gasteiger partial charge in [-0.15, -0.1) is 6.42 Å². The largest absolute Gasteiger partial charge is 0.478 e. The van der Waals surface area contributed by atoms with E-state index in [1.165, 1.54) is 12.1 Å². The highest BCUT2D eigenvalue weighted by molar-refractivity contribution is 7.92. The van der Waals surface area contributed by atoms with E-state index < -0.39 is 37.3 Å². The average Bonchev–Trinajstić information content (AvgIpc) is 2.49. The number of hydrogen-bond acceptors (Lipinski definition) is 3. The third-order valence-electron chi connectivity index (χ3n) is 2.82. The molecule has 2 aromatic rings.